The zero-order valence-electron chi connectivity index (χ0n) is 20.7. The fourth-order valence-corrected chi connectivity index (χ4v) is 5.99. The summed E-state index contributed by atoms with van der Waals surface area (Å²) < 4.78 is 79.7. The van der Waals surface area contributed by atoms with E-state index >= 15 is 0 Å². The van der Waals surface area contributed by atoms with E-state index in [1.807, 2.05) is 0 Å². The average Bonchev–Trinajstić information content (AvgIpc) is 3.39. The Labute approximate surface area is 246 Å². The molecule has 0 unspecified atom stereocenters. The molecule has 4 rings (SSSR count). The number of thiocarbonyl (C=S) groups is 1. The number of aromatic carboxylic acids is 1. The van der Waals surface area contributed by atoms with E-state index in [2.05, 4.69) is 5.32 Å². The smallest absolute Gasteiger partial charge is 0.416 e. The van der Waals surface area contributed by atoms with Crippen LogP contribution in [0.25, 0.3) is 17.2 Å². The Bertz CT molecular complexity index is 1580. The molecule has 0 saturated carbocycles. The van der Waals surface area contributed by atoms with E-state index < -0.39 is 52.6 Å². The molecule has 0 bridgehead atoms. The van der Waals surface area contributed by atoms with E-state index in [9.17, 15) is 45.8 Å². The predicted molar refractivity (Wildman–Crippen MR) is 148 cm³/mol. The van der Waals surface area contributed by atoms with Crippen molar-refractivity contribution in [3.05, 3.63) is 74.3 Å². The lowest BCUT2D eigenvalue weighted by Crippen LogP contribution is -2.31. The molecule has 1 aliphatic rings. The molecule has 1 aliphatic heterocycles. The quantitative estimate of drug-likeness (QED) is 0.143. The van der Waals surface area contributed by atoms with E-state index in [0.29, 0.717) is 17.8 Å². The van der Waals surface area contributed by atoms with Gasteiger partial charge in [0.2, 0.25) is 5.91 Å². The van der Waals surface area contributed by atoms with E-state index in [-0.39, 0.29) is 44.3 Å². The van der Waals surface area contributed by atoms with Crippen LogP contribution in [0.5, 0.6) is 5.75 Å². The number of carboxylic acids is 1. The van der Waals surface area contributed by atoms with Crippen molar-refractivity contribution < 1.29 is 50.9 Å². The lowest BCUT2D eigenvalue weighted by molar-refractivity contribution is -0.143. The fourth-order valence-electron chi connectivity index (χ4n) is 3.73. The molecular weight excluding hydrogens is 630 g/mol. The number of carbonyl (C=O) groups is 3. The summed E-state index contributed by atoms with van der Waals surface area (Å²) in [6.07, 6.45) is -9.10. The van der Waals surface area contributed by atoms with Gasteiger partial charge in [-0.25, -0.2) is 4.79 Å². The Kier molecular flexibility index (Phi) is 8.71. The monoisotopic (exact) mass is 646 g/mol. The Morgan fingerprint density at radius 2 is 1.60 bits per heavy atom. The van der Waals surface area contributed by atoms with Gasteiger partial charge in [0.1, 0.15) is 10.1 Å². The van der Waals surface area contributed by atoms with Gasteiger partial charge in [0.05, 0.1) is 26.5 Å². The molecule has 7 nitrogen and oxygen atoms in total. The van der Waals surface area contributed by atoms with Crippen molar-refractivity contribution in [2.24, 2.45) is 0 Å². The standard InChI is InChI=1S/C26H16F6N2O5S3/c27-25(28,29)14-7-13(8-15(9-14)26(30,31)32)17-11-41-18(21(17)36)10-19-22(37)34(24(40)42-19)6-5-20(35)33-16-3-1-12(2-4-16)23(38)39/h1-4,7-11,36H,5-6H2,(H,33,35)(H,38,39). The van der Waals surface area contributed by atoms with Crippen LogP contribution in [0.15, 0.2) is 52.7 Å². The number of nitrogens with zero attached hydrogens (tertiary/aromatic N) is 1. The van der Waals surface area contributed by atoms with Gasteiger partial charge in [-0.05, 0) is 54.1 Å². The molecule has 1 fully saturated rings. The first-order valence-corrected chi connectivity index (χ1v) is 13.6. The first-order chi connectivity index (χ1) is 19.5. The summed E-state index contributed by atoms with van der Waals surface area (Å²) in [6.45, 7) is -0.118. The third-order valence-corrected chi connectivity index (χ3v) is 8.10. The summed E-state index contributed by atoms with van der Waals surface area (Å²) in [7, 11) is 0. The van der Waals surface area contributed by atoms with Crippen molar-refractivity contribution in [1.82, 2.24) is 4.90 Å². The SMILES string of the molecule is O=C(CCN1C(=O)C(=Cc2scc(-c3cc(C(F)(F)F)cc(C(F)(F)F)c3)c2O)SC1=S)Nc1ccc(C(=O)O)cc1. The third kappa shape index (κ3) is 6.94. The van der Waals surface area contributed by atoms with Crippen LogP contribution in [0.4, 0.5) is 32.0 Å². The van der Waals surface area contributed by atoms with Crippen LogP contribution in [0.3, 0.4) is 0 Å². The van der Waals surface area contributed by atoms with E-state index in [1.165, 1.54) is 35.7 Å². The average molecular weight is 647 g/mol. The molecule has 3 aromatic rings. The summed E-state index contributed by atoms with van der Waals surface area (Å²) in [5, 5.41) is 23.3. The van der Waals surface area contributed by atoms with Crippen LogP contribution in [0, 0.1) is 0 Å². The number of anilines is 1. The van der Waals surface area contributed by atoms with Crippen LogP contribution in [0.1, 0.15) is 32.8 Å². The third-order valence-electron chi connectivity index (χ3n) is 5.80. The van der Waals surface area contributed by atoms with Crippen molar-refractivity contribution >= 4 is 69.2 Å². The van der Waals surface area contributed by atoms with Crippen molar-refractivity contribution in [2.45, 2.75) is 18.8 Å². The highest BCUT2D eigenvalue weighted by Crippen LogP contribution is 2.44. The van der Waals surface area contributed by atoms with Gasteiger partial charge in [-0.15, -0.1) is 11.3 Å². The van der Waals surface area contributed by atoms with Crippen molar-refractivity contribution in [3.8, 4) is 16.9 Å². The maximum Gasteiger partial charge on any atom is 0.416 e. The molecule has 0 spiro atoms. The van der Waals surface area contributed by atoms with Gasteiger partial charge >= 0.3 is 18.3 Å². The number of hydrogen-bond acceptors (Lipinski definition) is 7. The number of amides is 2. The summed E-state index contributed by atoms with van der Waals surface area (Å²) >= 11 is 6.85. The van der Waals surface area contributed by atoms with Crippen LogP contribution in [-0.2, 0) is 21.9 Å². The van der Waals surface area contributed by atoms with E-state index in [4.69, 9.17) is 17.3 Å². The van der Waals surface area contributed by atoms with Crippen molar-refractivity contribution in [3.63, 3.8) is 0 Å². The maximum atomic E-state index is 13.3. The highest BCUT2D eigenvalue weighted by Gasteiger charge is 2.37. The lowest BCUT2D eigenvalue weighted by atomic mass is 10.00. The molecule has 1 aromatic heterocycles. The Morgan fingerprint density at radius 3 is 2.14 bits per heavy atom. The van der Waals surface area contributed by atoms with Gasteiger partial charge in [-0.2, -0.15) is 26.3 Å². The molecule has 2 heterocycles. The highest BCUT2D eigenvalue weighted by atomic mass is 32.2. The minimum absolute atomic E-state index is 0.000906. The van der Waals surface area contributed by atoms with Gasteiger partial charge in [-0.3, -0.25) is 14.5 Å². The molecule has 0 aliphatic carbocycles. The van der Waals surface area contributed by atoms with Crippen LogP contribution >= 0.6 is 35.3 Å². The highest BCUT2D eigenvalue weighted by molar-refractivity contribution is 8.26. The summed E-state index contributed by atoms with van der Waals surface area (Å²) in [5.74, 6) is -2.85. The summed E-state index contributed by atoms with van der Waals surface area (Å²) in [5.41, 5.74) is -3.51. The van der Waals surface area contributed by atoms with Crippen molar-refractivity contribution in [1.29, 1.82) is 0 Å². The molecule has 16 heteroatoms. The fraction of sp³-hybridized carbons (Fsp3) is 0.154. The molecule has 42 heavy (non-hydrogen) atoms. The number of aromatic hydroxyl groups is 1. The van der Waals surface area contributed by atoms with Gasteiger partial charge in [0.15, 0.2) is 0 Å². The summed E-state index contributed by atoms with van der Waals surface area (Å²) in [4.78, 5) is 37.3. The molecule has 3 N–H and O–H groups in total. The number of rotatable bonds is 7. The maximum absolute atomic E-state index is 13.3. The van der Waals surface area contributed by atoms with E-state index in [0.717, 1.165) is 28.0 Å². The molecule has 0 radical (unpaired) electrons. The van der Waals surface area contributed by atoms with Gasteiger partial charge in [0.25, 0.3) is 5.91 Å². The normalized spacial score (nSPS) is 15.0. The molecule has 2 amide bonds. The first kappa shape index (κ1) is 31.1. The number of carboxylic acid groups (broad SMARTS) is 1. The molecule has 2 aromatic carbocycles. The first-order valence-electron chi connectivity index (χ1n) is 11.5. The second-order valence-corrected chi connectivity index (χ2v) is 11.3. The van der Waals surface area contributed by atoms with Crippen LogP contribution in [-0.4, -0.2) is 43.8 Å². The molecule has 220 valence electrons. The topological polar surface area (TPSA) is 107 Å². The Balaban J connectivity index is 1.49. The predicted octanol–water partition coefficient (Wildman–Crippen LogP) is 7.09. The number of thioether (sulfide) groups is 1. The largest absolute Gasteiger partial charge is 0.506 e. The number of halogens is 6. The zero-order chi connectivity index (χ0) is 31.0. The van der Waals surface area contributed by atoms with Gasteiger partial charge < -0.3 is 15.5 Å². The number of alkyl halides is 6. The minimum atomic E-state index is -5.07. The number of nitrogens with one attached hydrogen (secondary N) is 1. The molecule has 1 saturated heterocycles. The van der Waals surface area contributed by atoms with E-state index in [1.54, 1.807) is 0 Å². The second kappa shape index (κ2) is 11.8. The minimum Gasteiger partial charge on any atom is -0.506 e. The van der Waals surface area contributed by atoms with Gasteiger partial charge in [0, 0.05) is 29.6 Å². The zero-order valence-corrected chi connectivity index (χ0v) is 23.1. The van der Waals surface area contributed by atoms with Crippen LogP contribution in [0.2, 0.25) is 0 Å². The van der Waals surface area contributed by atoms with Crippen LogP contribution < -0.4 is 5.32 Å². The molecular formula is C26H16F6N2O5S3. The Hall–Kier alpha value is -3.89. The number of carbonyl (C=O) groups excluding carboxylic acids is 2. The number of thiophene rings is 1. The number of hydrogen-bond donors (Lipinski definition) is 3. The Morgan fingerprint density at radius 1 is 1.00 bits per heavy atom. The number of benzene rings is 2. The van der Waals surface area contributed by atoms with Crippen molar-refractivity contribution in [2.75, 3.05) is 11.9 Å². The van der Waals surface area contributed by atoms with Gasteiger partial charge in [-0.1, -0.05) is 24.0 Å². The second-order valence-electron chi connectivity index (χ2n) is 8.67. The lowest BCUT2D eigenvalue weighted by Gasteiger charge is -2.14. The molecule has 0 atom stereocenters. The summed E-state index contributed by atoms with van der Waals surface area (Å²) in [6, 6.07) is 6.37.